The quantitative estimate of drug-likeness (QED) is 0.792. The van der Waals surface area contributed by atoms with Gasteiger partial charge < -0.3 is 9.30 Å². The molecule has 0 saturated heterocycles. The number of fused-ring (bicyclic) bond motifs is 1. The number of ether oxygens (including phenoxy) is 1. The molecule has 0 aliphatic heterocycles. The van der Waals surface area contributed by atoms with Crippen LogP contribution in [-0.2, 0) is 11.2 Å². The lowest BCUT2D eigenvalue weighted by Gasteiger charge is -2.14. The predicted molar refractivity (Wildman–Crippen MR) is 72.3 cm³/mol. The first-order valence-electron chi connectivity index (χ1n) is 6.12. The molecule has 0 aromatic carbocycles. The summed E-state index contributed by atoms with van der Waals surface area (Å²) in [5.74, 6) is -0.149. The first-order valence-corrected chi connectivity index (χ1v) is 7.00. The van der Waals surface area contributed by atoms with E-state index in [4.69, 9.17) is 4.74 Å². The summed E-state index contributed by atoms with van der Waals surface area (Å²) >= 11 is 1.35. The van der Waals surface area contributed by atoms with Crippen molar-refractivity contribution in [2.24, 2.45) is 0 Å². The summed E-state index contributed by atoms with van der Waals surface area (Å²) in [6, 6.07) is 3.73. The summed E-state index contributed by atoms with van der Waals surface area (Å²) < 4.78 is 6.73. The highest BCUT2D eigenvalue weighted by Crippen LogP contribution is 2.29. The van der Waals surface area contributed by atoms with Crippen LogP contribution in [0.2, 0.25) is 0 Å². The van der Waals surface area contributed by atoms with Gasteiger partial charge in [-0.3, -0.25) is 4.79 Å². The zero-order valence-corrected chi connectivity index (χ0v) is 11.3. The van der Waals surface area contributed by atoms with E-state index in [-0.39, 0.29) is 11.8 Å². The van der Waals surface area contributed by atoms with Crippen molar-refractivity contribution in [2.75, 3.05) is 7.11 Å². The highest BCUT2D eigenvalue weighted by molar-refractivity contribution is 7.12. The Bertz CT molecular complexity index is 653. The van der Waals surface area contributed by atoms with Crippen molar-refractivity contribution < 1.29 is 14.3 Å². The van der Waals surface area contributed by atoms with Crippen LogP contribution in [0.25, 0.3) is 5.69 Å². The number of carbonyl (C=O) groups excluding carboxylic acids is 2. The standard InChI is InChI=1S/C14H13NO3S/c1-18-14(17)13-11(6-8-19-13)15-7-5-9-10(15)3-2-4-12(9)16/h5-8H,2-4H2,1H3. The van der Waals surface area contributed by atoms with E-state index in [1.807, 2.05) is 28.3 Å². The average Bonchev–Trinajstić information content (AvgIpc) is 3.04. The lowest BCUT2D eigenvalue weighted by molar-refractivity contribution is 0.0606. The third-order valence-corrected chi connectivity index (χ3v) is 4.27. The Kier molecular flexibility index (Phi) is 2.98. The average molecular weight is 275 g/mol. The molecule has 0 bridgehead atoms. The van der Waals surface area contributed by atoms with Crippen molar-refractivity contribution in [3.8, 4) is 5.69 Å². The molecule has 0 amide bonds. The van der Waals surface area contributed by atoms with Gasteiger partial charge >= 0.3 is 5.97 Å². The fourth-order valence-electron chi connectivity index (χ4n) is 2.49. The molecule has 0 atom stereocenters. The van der Waals surface area contributed by atoms with Gasteiger partial charge in [0.05, 0.1) is 12.8 Å². The number of rotatable bonds is 2. The van der Waals surface area contributed by atoms with E-state index in [1.165, 1.54) is 18.4 Å². The number of Topliss-reactive ketones (excluding diaryl/α,β-unsaturated/α-hetero) is 1. The lowest BCUT2D eigenvalue weighted by atomic mass is 9.97. The highest BCUT2D eigenvalue weighted by Gasteiger charge is 2.23. The summed E-state index contributed by atoms with van der Waals surface area (Å²) in [5, 5.41) is 1.86. The topological polar surface area (TPSA) is 48.3 Å². The summed E-state index contributed by atoms with van der Waals surface area (Å²) in [6.45, 7) is 0. The Morgan fingerprint density at radius 2 is 2.21 bits per heavy atom. The summed E-state index contributed by atoms with van der Waals surface area (Å²) in [4.78, 5) is 24.1. The molecule has 2 aromatic heterocycles. The molecule has 2 heterocycles. The third kappa shape index (κ3) is 1.90. The number of nitrogens with zero attached hydrogens (tertiary/aromatic N) is 1. The molecule has 2 aromatic rings. The van der Waals surface area contributed by atoms with Crippen LogP contribution >= 0.6 is 11.3 Å². The number of hydrogen-bond donors (Lipinski definition) is 0. The van der Waals surface area contributed by atoms with Crippen molar-refractivity contribution in [1.29, 1.82) is 0 Å². The molecule has 5 heteroatoms. The van der Waals surface area contributed by atoms with Gasteiger partial charge in [-0.1, -0.05) is 0 Å². The van der Waals surface area contributed by atoms with Crippen molar-refractivity contribution in [1.82, 2.24) is 4.57 Å². The maximum Gasteiger partial charge on any atom is 0.350 e. The molecule has 98 valence electrons. The lowest BCUT2D eigenvalue weighted by Crippen LogP contribution is -2.13. The van der Waals surface area contributed by atoms with Crippen LogP contribution in [0.4, 0.5) is 0 Å². The predicted octanol–water partition coefficient (Wildman–Crippen LogP) is 2.84. The molecule has 0 N–H and O–H groups in total. The van der Waals surface area contributed by atoms with Crippen LogP contribution in [-0.4, -0.2) is 23.4 Å². The smallest absolute Gasteiger partial charge is 0.350 e. The normalized spacial score (nSPS) is 14.3. The van der Waals surface area contributed by atoms with Crippen molar-refractivity contribution in [3.05, 3.63) is 39.8 Å². The van der Waals surface area contributed by atoms with Gasteiger partial charge in [0, 0.05) is 23.9 Å². The minimum Gasteiger partial charge on any atom is -0.465 e. The van der Waals surface area contributed by atoms with Crippen molar-refractivity contribution in [3.63, 3.8) is 0 Å². The van der Waals surface area contributed by atoms with Crippen LogP contribution in [0.15, 0.2) is 23.7 Å². The molecule has 0 spiro atoms. The fourth-order valence-corrected chi connectivity index (χ4v) is 3.29. The first kappa shape index (κ1) is 12.2. The minimum atomic E-state index is -0.338. The second-order valence-electron chi connectivity index (χ2n) is 4.45. The number of aromatic nitrogens is 1. The van der Waals surface area contributed by atoms with Gasteiger partial charge in [0.2, 0.25) is 0 Å². The van der Waals surface area contributed by atoms with Gasteiger partial charge in [-0.2, -0.15) is 0 Å². The van der Waals surface area contributed by atoms with Gasteiger partial charge in [0.1, 0.15) is 4.88 Å². The largest absolute Gasteiger partial charge is 0.465 e. The number of esters is 1. The molecule has 0 radical (unpaired) electrons. The van der Waals surface area contributed by atoms with E-state index in [0.29, 0.717) is 11.3 Å². The molecule has 0 saturated carbocycles. The van der Waals surface area contributed by atoms with Gasteiger partial charge in [-0.25, -0.2) is 4.79 Å². The Labute approximate surface area is 114 Å². The molecule has 4 nitrogen and oxygen atoms in total. The summed E-state index contributed by atoms with van der Waals surface area (Å²) in [5.41, 5.74) is 2.58. The SMILES string of the molecule is COC(=O)c1sccc1-n1ccc2c1CCCC2=O. The zero-order valence-electron chi connectivity index (χ0n) is 10.5. The van der Waals surface area contributed by atoms with E-state index in [9.17, 15) is 9.59 Å². The van der Waals surface area contributed by atoms with Crippen LogP contribution in [0.5, 0.6) is 0 Å². The summed E-state index contributed by atoms with van der Waals surface area (Å²) in [7, 11) is 1.38. The maximum absolute atomic E-state index is 11.8. The number of ketones is 1. The molecule has 0 fully saturated rings. The van der Waals surface area contributed by atoms with E-state index < -0.39 is 0 Å². The first-order chi connectivity index (χ1) is 9.22. The van der Waals surface area contributed by atoms with Crippen molar-refractivity contribution in [2.45, 2.75) is 19.3 Å². The van der Waals surface area contributed by atoms with Gasteiger partial charge in [-0.05, 0) is 30.4 Å². The third-order valence-electron chi connectivity index (χ3n) is 3.38. The van der Waals surface area contributed by atoms with E-state index in [1.54, 1.807) is 0 Å². The van der Waals surface area contributed by atoms with Gasteiger partial charge in [0.25, 0.3) is 0 Å². The Morgan fingerprint density at radius 3 is 3.00 bits per heavy atom. The molecular formula is C14H13NO3S. The van der Waals surface area contributed by atoms with Crippen LogP contribution < -0.4 is 0 Å². The Morgan fingerprint density at radius 1 is 1.37 bits per heavy atom. The number of hydrogen-bond acceptors (Lipinski definition) is 4. The Balaban J connectivity index is 2.11. The summed E-state index contributed by atoms with van der Waals surface area (Å²) in [6.07, 6.45) is 4.21. The number of methoxy groups -OCH3 is 1. The van der Waals surface area contributed by atoms with E-state index >= 15 is 0 Å². The van der Waals surface area contributed by atoms with E-state index in [2.05, 4.69) is 0 Å². The Hall–Kier alpha value is -1.88. The van der Waals surface area contributed by atoms with E-state index in [0.717, 1.165) is 29.8 Å². The number of thiophene rings is 1. The zero-order chi connectivity index (χ0) is 13.4. The van der Waals surface area contributed by atoms with Crippen LogP contribution in [0, 0.1) is 0 Å². The highest BCUT2D eigenvalue weighted by atomic mass is 32.1. The van der Waals surface area contributed by atoms with Gasteiger partial charge in [0.15, 0.2) is 5.78 Å². The second kappa shape index (κ2) is 4.66. The molecule has 19 heavy (non-hydrogen) atoms. The van der Waals surface area contributed by atoms with Crippen LogP contribution in [0.1, 0.15) is 38.6 Å². The second-order valence-corrected chi connectivity index (χ2v) is 5.37. The number of carbonyl (C=O) groups is 2. The maximum atomic E-state index is 11.8. The minimum absolute atomic E-state index is 0.190. The monoisotopic (exact) mass is 275 g/mol. The fraction of sp³-hybridized carbons (Fsp3) is 0.286. The van der Waals surface area contributed by atoms with Crippen molar-refractivity contribution >= 4 is 23.1 Å². The molecular weight excluding hydrogens is 262 g/mol. The van der Waals surface area contributed by atoms with Gasteiger partial charge in [-0.15, -0.1) is 11.3 Å². The molecule has 1 aliphatic rings. The molecule has 1 aliphatic carbocycles. The molecule has 0 unspecified atom stereocenters. The molecule has 3 rings (SSSR count). The van der Waals surface area contributed by atoms with Crippen LogP contribution in [0.3, 0.4) is 0 Å².